The normalized spacial score (nSPS) is 26.7. The number of benzene rings is 1. The number of aromatic nitrogens is 1. The van der Waals surface area contributed by atoms with Gasteiger partial charge in [-0.1, -0.05) is 0 Å². The number of fused-ring (bicyclic) bond motifs is 1. The topological polar surface area (TPSA) is 154 Å². The van der Waals surface area contributed by atoms with Crippen molar-refractivity contribution in [3.8, 4) is 0 Å². The number of ether oxygens (including phenoxy) is 3. The number of aliphatic hydroxyl groups is 1. The monoisotopic (exact) mass is 628 g/mol. The van der Waals surface area contributed by atoms with E-state index in [1.807, 2.05) is 52.1 Å². The number of rotatable bonds is 9. The highest BCUT2D eigenvalue weighted by molar-refractivity contribution is 5.99. The highest BCUT2D eigenvalue weighted by atomic mass is 16.6. The van der Waals surface area contributed by atoms with Gasteiger partial charge < -0.3 is 39.6 Å². The molecule has 0 bridgehead atoms. The minimum absolute atomic E-state index is 0.0352. The Hall–Kier alpha value is -3.19. The van der Waals surface area contributed by atoms with Gasteiger partial charge in [-0.05, 0) is 83.6 Å². The first-order valence-electron chi connectivity index (χ1n) is 16.1. The standard InChI is InChI=1S/C33H48N4O8/c1-22-16-24(17-23-7-11-34-27(22)23)28(39)35-19-25(38)18-26-6-5-8-33(44-26,29(40)41)10-13-37-14-15-43-21-32(37)9-12-36(20-32)30(42)45-31(2,3)4/h7,11,16-17,25-26,34,38H,5-6,8-10,12-15,18-21H2,1-4H3,(H,35,39)(H,40,41)/t25-,26+,32-,33-/m0/s1. The fourth-order valence-corrected chi connectivity index (χ4v) is 7.00. The van der Waals surface area contributed by atoms with E-state index in [4.69, 9.17) is 14.2 Å². The lowest BCUT2D eigenvalue weighted by molar-refractivity contribution is -0.191. The molecule has 4 N–H and O–H groups in total. The zero-order valence-electron chi connectivity index (χ0n) is 26.9. The largest absolute Gasteiger partial charge is 0.479 e. The Morgan fingerprint density at radius 3 is 2.78 bits per heavy atom. The molecule has 12 heteroatoms. The van der Waals surface area contributed by atoms with E-state index >= 15 is 0 Å². The summed E-state index contributed by atoms with van der Waals surface area (Å²) in [6.07, 6.45) is 3.03. The molecule has 3 fully saturated rings. The quantitative estimate of drug-likeness (QED) is 0.327. The Morgan fingerprint density at radius 1 is 1.22 bits per heavy atom. The van der Waals surface area contributed by atoms with Crippen molar-refractivity contribution in [3.63, 3.8) is 0 Å². The number of aliphatic hydroxyl groups excluding tert-OH is 1. The van der Waals surface area contributed by atoms with Crippen LogP contribution < -0.4 is 5.32 Å². The average molecular weight is 629 g/mol. The van der Waals surface area contributed by atoms with Gasteiger partial charge in [-0.15, -0.1) is 0 Å². The van der Waals surface area contributed by atoms with E-state index in [0.717, 1.165) is 16.5 Å². The minimum Gasteiger partial charge on any atom is -0.479 e. The molecule has 3 aliphatic heterocycles. The van der Waals surface area contributed by atoms with Crippen LogP contribution in [0.1, 0.15) is 75.2 Å². The molecule has 0 aliphatic carbocycles. The third kappa shape index (κ3) is 7.62. The van der Waals surface area contributed by atoms with Crippen molar-refractivity contribution in [2.24, 2.45) is 0 Å². The zero-order chi connectivity index (χ0) is 32.4. The first-order chi connectivity index (χ1) is 21.3. The lowest BCUT2D eigenvalue weighted by Crippen LogP contribution is -2.60. The van der Waals surface area contributed by atoms with Gasteiger partial charge in [-0.3, -0.25) is 9.69 Å². The molecule has 248 valence electrons. The number of aryl methyl sites for hydroxylation is 1. The number of carbonyl (C=O) groups is 3. The molecule has 1 aromatic heterocycles. The van der Waals surface area contributed by atoms with Crippen molar-refractivity contribution in [1.82, 2.24) is 20.1 Å². The van der Waals surface area contributed by atoms with E-state index in [9.17, 15) is 24.6 Å². The molecule has 3 aliphatic rings. The molecule has 0 unspecified atom stereocenters. The Kier molecular flexibility index (Phi) is 9.79. The smallest absolute Gasteiger partial charge is 0.410 e. The van der Waals surface area contributed by atoms with E-state index in [0.29, 0.717) is 70.6 Å². The Morgan fingerprint density at radius 2 is 2.02 bits per heavy atom. The molecular weight excluding hydrogens is 580 g/mol. The third-order valence-corrected chi connectivity index (χ3v) is 9.36. The number of aliphatic carboxylic acids is 1. The van der Waals surface area contributed by atoms with Crippen LogP contribution in [0.2, 0.25) is 0 Å². The average Bonchev–Trinajstić information content (AvgIpc) is 3.63. The fourth-order valence-electron chi connectivity index (χ4n) is 7.00. The lowest BCUT2D eigenvalue weighted by Gasteiger charge is -2.46. The van der Waals surface area contributed by atoms with E-state index in [1.165, 1.54) is 0 Å². The van der Waals surface area contributed by atoms with Gasteiger partial charge in [0.05, 0.1) is 31.0 Å². The number of H-pyrrole nitrogens is 1. The summed E-state index contributed by atoms with van der Waals surface area (Å²) in [4.78, 5) is 45.4. The summed E-state index contributed by atoms with van der Waals surface area (Å²) in [6, 6.07) is 5.53. The van der Waals surface area contributed by atoms with Gasteiger partial charge >= 0.3 is 12.1 Å². The molecule has 1 aromatic carbocycles. The highest BCUT2D eigenvalue weighted by Crippen LogP contribution is 2.37. The first-order valence-corrected chi connectivity index (χ1v) is 16.1. The number of nitrogens with zero attached hydrogens (tertiary/aromatic N) is 2. The molecule has 4 atom stereocenters. The van der Waals surface area contributed by atoms with Gasteiger partial charge in [0.25, 0.3) is 5.91 Å². The molecule has 3 saturated heterocycles. The molecule has 45 heavy (non-hydrogen) atoms. The van der Waals surface area contributed by atoms with Crippen LogP contribution in [0.15, 0.2) is 24.4 Å². The van der Waals surface area contributed by atoms with E-state index in [1.54, 1.807) is 4.90 Å². The van der Waals surface area contributed by atoms with Crippen LogP contribution >= 0.6 is 0 Å². The van der Waals surface area contributed by atoms with Gasteiger partial charge in [-0.25, -0.2) is 9.59 Å². The molecule has 0 saturated carbocycles. The SMILES string of the molecule is Cc1cc(C(=O)NC[C@@H](O)C[C@H]2CCC[C@](CCN3CCOC[C@@]34CCN(C(=O)OC(C)(C)C)C4)(C(=O)O)O2)cc2cc[nH]c12. The number of nitrogens with one attached hydrogen (secondary N) is 2. The number of morpholine rings is 1. The summed E-state index contributed by atoms with van der Waals surface area (Å²) in [5.41, 5.74) is 0.0921. The second-order valence-corrected chi connectivity index (χ2v) is 13.9. The summed E-state index contributed by atoms with van der Waals surface area (Å²) >= 11 is 0. The molecular formula is C33H48N4O8. The van der Waals surface area contributed by atoms with Crippen molar-refractivity contribution in [1.29, 1.82) is 0 Å². The van der Waals surface area contributed by atoms with Crippen LogP contribution in [-0.2, 0) is 19.0 Å². The highest BCUT2D eigenvalue weighted by Gasteiger charge is 2.50. The number of carboxylic acids is 1. The van der Waals surface area contributed by atoms with Gasteiger partial charge in [-0.2, -0.15) is 0 Å². The maximum atomic E-state index is 12.8. The first kappa shape index (κ1) is 33.2. The number of amides is 2. The van der Waals surface area contributed by atoms with E-state index in [2.05, 4.69) is 15.2 Å². The number of carbonyl (C=O) groups excluding carboxylic acids is 2. The van der Waals surface area contributed by atoms with Crippen molar-refractivity contribution < 1.29 is 38.8 Å². The predicted molar refractivity (Wildman–Crippen MR) is 167 cm³/mol. The van der Waals surface area contributed by atoms with Gasteiger partial charge in [0.15, 0.2) is 5.60 Å². The molecule has 12 nitrogen and oxygen atoms in total. The Bertz CT molecular complexity index is 1390. The summed E-state index contributed by atoms with van der Waals surface area (Å²) in [5.74, 6) is -1.28. The molecule has 0 radical (unpaired) electrons. The third-order valence-electron chi connectivity index (χ3n) is 9.36. The number of hydrogen-bond donors (Lipinski definition) is 4. The maximum Gasteiger partial charge on any atom is 0.410 e. The van der Waals surface area contributed by atoms with Crippen LogP contribution in [0.25, 0.3) is 10.9 Å². The van der Waals surface area contributed by atoms with Gasteiger partial charge in [0.2, 0.25) is 0 Å². The molecule has 2 amide bonds. The molecule has 1 spiro atoms. The molecule has 5 rings (SSSR count). The van der Waals surface area contributed by atoms with Crippen LogP contribution in [0.5, 0.6) is 0 Å². The van der Waals surface area contributed by atoms with Crippen molar-refractivity contribution in [2.45, 2.75) is 95.2 Å². The van der Waals surface area contributed by atoms with Gasteiger partial charge in [0, 0.05) is 61.8 Å². The van der Waals surface area contributed by atoms with E-state index < -0.39 is 34.9 Å². The maximum absolute atomic E-state index is 12.8. The zero-order valence-corrected chi connectivity index (χ0v) is 26.9. The van der Waals surface area contributed by atoms with Crippen molar-refractivity contribution >= 4 is 28.9 Å². The number of carboxylic acid groups (broad SMARTS) is 1. The molecule has 4 heterocycles. The molecule has 2 aromatic rings. The Balaban J connectivity index is 1.16. The number of hydrogen-bond acceptors (Lipinski definition) is 8. The summed E-state index contributed by atoms with van der Waals surface area (Å²) < 4.78 is 17.7. The Labute approximate surface area is 264 Å². The van der Waals surface area contributed by atoms with Crippen LogP contribution in [0.3, 0.4) is 0 Å². The van der Waals surface area contributed by atoms with Gasteiger partial charge in [0.1, 0.15) is 5.60 Å². The van der Waals surface area contributed by atoms with Crippen LogP contribution in [0.4, 0.5) is 4.79 Å². The number of aromatic amines is 1. The fraction of sp³-hybridized carbons (Fsp3) is 0.667. The van der Waals surface area contributed by atoms with Crippen LogP contribution in [-0.4, -0.2) is 118 Å². The van der Waals surface area contributed by atoms with Crippen molar-refractivity contribution in [3.05, 3.63) is 35.5 Å². The minimum atomic E-state index is -1.38. The lowest BCUT2D eigenvalue weighted by atomic mass is 9.86. The summed E-state index contributed by atoms with van der Waals surface area (Å²) in [7, 11) is 0. The second kappa shape index (κ2) is 13.3. The number of likely N-dealkylation sites (tertiary alicyclic amines) is 1. The predicted octanol–water partition coefficient (Wildman–Crippen LogP) is 3.45. The summed E-state index contributed by atoms with van der Waals surface area (Å²) in [6.45, 7) is 10.6. The van der Waals surface area contributed by atoms with E-state index in [-0.39, 0.29) is 31.4 Å². The second-order valence-electron chi connectivity index (χ2n) is 13.9. The summed E-state index contributed by atoms with van der Waals surface area (Å²) in [5, 5.41) is 24.9. The van der Waals surface area contributed by atoms with Crippen LogP contribution in [0, 0.1) is 6.92 Å². The van der Waals surface area contributed by atoms with Crippen molar-refractivity contribution in [2.75, 3.05) is 45.9 Å².